The van der Waals surface area contributed by atoms with Crippen LogP contribution in [0.2, 0.25) is 0 Å². The maximum atomic E-state index is 5.26. The molecule has 3 rings (SSSR count). The van der Waals surface area contributed by atoms with Gasteiger partial charge in [-0.1, -0.05) is 32.9 Å². The van der Waals surface area contributed by atoms with Gasteiger partial charge in [-0.3, -0.25) is 0 Å². The van der Waals surface area contributed by atoms with Crippen LogP contribution in [-0.4, -0.2) is 7.11 Å². The Morgan fingerprint density at radius 3 is 2.22 bits per heavy atom. The Bertz CT molecular complexity index is 449. The number of rotatable bonds is 2. The molecule has 0 heterocycles. The predicted octanol–water partition coefficient (Wildman–Crippen LogP) is 4.63. The molecule has 0 saturated heterocycles. The van der Waals surface area contributed by atoms with E-state index >= 15 is 0 Å². The molecule has 1 nitrogen and oxygen atoms in total. The zero-order chi connectivity index (χ0) is 13.0. The second-order valence-corrected chi connectivity index (χ2v) is 6.91. The highest BCUT2D eigenvalue weighted by atomic mass is 16.5. The molecule has 0 N–H and O–H groups in total. The van der Waals surface area contributed by atoms with Gasteiger partial charge in [0.15, 0.2) is 0 Å². The van der Waals surface area contributed by atoms with Crippen LogP contribution in [0.1, 0.15) is 51.5 Å². The van der Waals surface area contributed by atoms with Gasteiger partial charge in [-0.15, -0.1) is 0 Å². The van der Waals surface area contributed by atoms with Crippen LogP contribution in [0.25, 0.3) is 0 Å². The van der Waals surface area contributed by atoms with E-state index in [2.05, 4.69) is 45.0 Å². The van der Waals surface area contributed by atoms with Gasteiger partial charge in [0.25, 0.3) is 0 Å². The van der Waals surface area contributed by atoms with E-state index in [4.69, 9.17) is 4.74 Å². The van der Waals surface area contributed by atoms with Crippen molar-refractivity contribution in [2.75, 3.05) is 7.11 Å². The first-order valence-electron chi connectivity index (χ1n) is 7.13. The summed E-state index contributed by atoms with van der Waals surface area (Å²) in [4.78, 5) is 0. The molecule has 2 aliphatic carbocycles. The van der Waals surface area contributed by atoms with Gasteiger partial charge < -0.3 is 4.74 Å². The van der Waals surface area contributed by atoms with E-state index in [9.17, 15) is 0 Å². The van der Waals surface area contributed by atoms with Crippen molar-refractivity contribution < 1.29 is 4.74 Å². The first kappa shape index (κ1) is 12.1. The molecule has 2 aliphatic rings. The maximum Gasteiger partial charge on any atom is 0.118 e. The van der Waals surface area contributed by atoms with E-state index in [1.165, 1.54) is 24.8 Å². The van der Waals surface area contributed by atoms with Crippen LogP contribution >= 0.6 is 0 Å². The highest BCUT2D eigenvalue weighted by Crippen LogP contribution is 2.70. The van der Waals surface area contributed by atoms with Crippen molar-refractivity contribution >= 4 is 0 Å². The molecule has 4 atom stereocenters. The number of hydrogen-bond donors (Lipinski definition) is 0. The fourth-order valence-corrected chi connectivity index (χ4v) is 4.57. The lowest BCUT2D eigenvalue weighted by atomic mass is 9.70. The van der Waals surface area contributed by atoms with E-state index in [-0.39, 0.29) is 0 Å². The highest BCUT2D eigenvalue weighted by Gasteiger charge is 2.60. The zero-order valence-corrected chi connectivity index (χ0v) is 12.0. The predicted molar refractivity (Wildman–Crippen MR) is 75.0 cm³/mol. The van der Waals surface area contributed by atoms with Crippen LogP contribution < -0.4 is 4.74 Å². The standard InChI is InChI=1S/C17H24O/c1-12-16(2)9-10-17(12,3)15(11-16)13-5-7-14(18-4)8-6-13/h5-8,12,15H,9-11H2,1-4H3/t12?,15-,16+,17+/m0/s1. The van der Waals surface area contributed by atoms with Gasteiger partial charge in [-0.25, -0.2) is 0 Å². The summed E-state index contributed by atoms with van der Waals surface area (Å²) in [5.74, 6) is 2.54. The lowest BCUT2D eigenvalue weighted by Crippen LogP contribution is -2.23. The summed E-state index contributed by atoms with van der Waals surface area (Å²) in [7, 11) is 1.73. The average molecular weight is 244 g/mol. The van der Waals surface area contributed by atoms with Gasteiger partial charge in [0.05, 0.1) is 7.11 Å². The van der Waals surface area contributed by atoms with Crippen LogP contribution in [0.3, 0.4) is 0 Å². The van der Waals surface area contributed by atoms with Gasteiger partial charge in [-0.05, 0) is 59.6 Å². The van der Waals surface area contributed by atoms with Crippen molar-refractivity contribution in [2.45, 2.75) is 46.0 Å². The zero-order valence-electron chi connectivity index (χ0n) is 12.0. The summed E-state index contributed by atoms with van der Waals surface area (Å²) in [6, 6.07) is 8.76. The summed E-state index contributed by atoms with van der Waals surface area (Å²) in [5.41, 5.74) is 2.58. The Balaban J connectivity index is 1.94. The van der Waals surface area contributed by atoms with E-state index in [0.29, 0.717) is 10.8 Å². The summed E-state index contributed by atoms with van der Waals surface area (Å²) < 4.78 is 5.26. The molecule has 2 saturated carbocycles. The molecule has 1 unspecified atom stereocenters. The molecule has 2 fully saturated rings. The lowest BCUT2D eigenvalue weighted by molar-refractivity contribution is 0.226. The SMILES string of the molecule is COc1ccc([C@@H]2C[C@@]3(C)CC[C@]2(C)C3C)cc1. The maximum absolute atomic E-state index is 5.26. The molecule has 2 bridgehead atoms. The fraction of sp³-hybridized carbons (Fsp3) is 0.647. The summed E-state index contributed by atoms with van der Waals surface area (Å²) in [6.07, 6.45) is 4.16. The van der Waals surface area contributed by atoms with Crippen molar-refractivity contribution in [1.29, 1.82) is 0 Å². The molecular formula is C17H24O. The third kappa shape index (κ3) is 1.46. The normalized spacial score (nSPS) is 42.2. The van der Waals surface area contributed by atoms with Gasteiger partial charge in [-0.2, -0.15) is 0 Å². The minimum atomic E-state index is 0.503. The minimum Gasteiger partial charge on any atom is -0.497 e. The molecule has 0 spiro atoms. The van der Waals surface area contributed by atoms with Crippen LogP contribution in [0.4, 0.5) is 0 Å². The Hall–Kier alpha value is -0.980. The van der Waals surface area contributed by atoms with Gasteiger partial charge in [0.1, 0.15) is 5.75 Å². The third-order valence-electron chi connectivity index (χ3n) is 6.25. The highest BCUT2D eigenvalue weighted by molar-refractivity contribution is 5.33. The first-order valence-corrected chi connectivity index (χ1v) is 7.13. The second-order valence-electron chi connectivity index (χ2n) is 6.91. The third-order valence-corrected chi connectivity index (χ3v) is 6.25. The smallest absolute Gasteiger partial charge is 0.118 e. The van der Waals surface area contributed by atoms with E-state index in [0.717, 1.165) is 17.6 Å². The number of fused-ring (bicyclic) bond motifs is 2. The number of benzene rings is 1. The number of hydrogen-bond acceptors (Lipinski definition) is 1. The Morgan fingerprint density at radius 2 is 1.78 bits per heavy atom. The number of ether oxygens (including phenoxy) is 1. The summed E-state index contributed by atoms with van der Waals surface area (Å²) in [6.45, 7) is 7.47. The van der Waals surface area contributed by atoms with Crippen molar-refractivity contribution in [1.82, 2.24) is 0 Å². The lowest BCUT2D eigenvalue weighted by Gasteiger charge is -2.34. The van der Waals surface area contributed by atoms with Crippen molar-refractivity contribution in [2.24, 2.45) is 16.7 Å². The topological polar surface area (TPSA) is 9.23 Å². The molecule has 1 heteroatoms. The Kier molecular flexibility index (Phi) is 2.52. The summed E-state index contributed by atoms with van der Waals surface area (Å²) >= 11 is 0. The molecule has 0 radical (unpaired) electrons. The van der Waals surface area contributed by atoms with E-state index in [1.54, 1.807) is 7.11 Å². The molecule has 0 aromatic heterocycles. The van der Waals surface area contributed by atoms with Crippen LogP contribution in [0, 0.1) is 16.7 Å². The first-order chi connectivity index (χ1) is 8.49. The summed E-state index contributed by atoms with van der Waals surface area (Å²) in [5, 5.41) is 0. The second kappa shape index (κ2) is 3.76. The molecule has 1 aromatic rings. The molecular weight excluding hydrogens is 220 g/mol. The van der Waals surface area contributed by atoms with Crippen LogP contribution in [0.15, 0.2) is 24.3 Å². The van der Waals surface area contributed by atoms with Crippen LogP contribution in [-0.2, 0) is 0 Å². The molecule has 0 amide bonds. The Labute approximate surface area is 111 Å². The average Bonchev–Trinajstić information content (AvgIpc) is 2.73. The number of methoxy groups -OCH3 is 1. The molecule has 18 heavy (non-hydrogen) atoms. The van der Waals surface area contributed by atoms with E-state index < -0.39 is 0 Å². The van der Waals surface area contributed by atoms with Crippen molar-refractivity contribution in [3.63, 3.8) is 0 Å². The van der Waals surface area contributed by atoms with E-state index in [1.807, 2.05) is 0 Å². The molecule has 1 aromatic carbocycles. The largest absolute Gasteiger partial charge is 0.497 e. The van der Waals surface area contributed by atoms with Crippen molar-refractivity contribution in [3.8, 4) is 5.75 Å². The monoisotopic (exact) mass is 244 g/mol. The molecule has 0 aliphatic heterocycles. The van der Waals surface area contributed by atoms with Gasteiger partial charge in [0.2, 0.25) is 0 Å². The van der Waals surface area contributed by atoms with Crippen molar-refractivity contribution in [3.05, 3.63) is 29.8 Å². The van der Waals surface area contributed by atoms with Gasteiger partial charge in [0, 0.05) is 0 Å². The minimum absolute atomic E-state index is 0.503. The van der Waals surface area contributed by atoms with Gasteiger partial charge >= 0.3 is 0 Å². The Morgan fingerprint density at radius 1 is 1.11 bits per heavy atom. The quantitative estimate of drug-likeness (QED) is 0.737. The molecule has 98 valence electrons. The van der Waals surface area contributed by atoms with Crippen LogP contribution in [0.5, 0.6) is 5.75 Å². The fourth-order valence-electron chi connectivity index (χ4n) is 4.57.